The zero-order valence-corrected chi connectivity index (χ0v) is 27.3. The Morgan fingerprint density at radius 1 is 1.11 bits per heavy atom. The molecule has 7 rings (SSSR count). The Kier molecular flexibility index (Phi) is 7.65. The number of allylic oxidation sites excluding steroid dienone is 3. The van der Waals surface area contributed by atoms with Gasteiger partial charge in [0, 0.05) is 29.4 Å². The average molecular weight is 649 g/mol. The number of Topliss-reactive ketones (excluding diaryl/α,β-unsaturated/α-hetero) is 1. The first-order valence-corrected chi connectivity index (χ1v) is 16.7. The molecule has 1 aromatic rings. The molecule has 0 amide bonds. The summed E-state index contributed by atoms with van der Waals surface area (Å²) in [6.45, 7) is 11.0. The number of carbonyl (C=O) groups is 2. The Balaban J connectivity index is 1.39. The van der Waals surface area contributed by atoms with Crippen molar-refractivity contribution < 1.29 is 48.6 Å². The SMILES string of the molecule is C=C(C)[C@@]12O[C@@]3(c4ccccc4)O[C@@H]1[C@@H]1[C@@H]4O[C@]4(CO)[C@@H](O)[C@]4(O)C(=O)C(C)=C[C@H]4[C@@]1(O3)[C@H](C)[C@H]2OC(=O)/C=C/C=C/CCCCC. The second-order valence-electron chi connectivity index (χ2n) is 14.1. The fourth-order valence-corrected chi connectivity index (χ4v) is 9.30. The fraction of sp³-hybridized carbons (Fsp3) is 0.568. The van der Waals surface area contributed by atoms with Crippen molar-refractivity contribution in [3.63, 3.8) is 0 Å². The van der Waals surface area contributed by atoms with Gasteiger partial charge in [-0.1, -0.05) is 87.9 Å². The van der Waals surface area contributed by atoms with Crippen molar-refractivity contribution in [1.29, 1.82) is 0 Å². The first-order valence-electron chi connectivity index (χ1n) is 16.7. The van der Waals surface area contributed by atoms with Crippen LogP contribution in [0.2, 0.25) is 0 Å². The molecule has 0 spiro atoms. The number of ketones is 1. The molecule has 3 aliphatic heterocycles. The number of hydrogen-bond donors (Lipinski definition) is 3. The third-order valence-corrected chi connectivity index (χ3v) is 11.6. The van der Waals surface area contributed by atoms with Crippen molar-refractivity contribution in [2.45, 2.75) is 106 Å². The van der Waals surface area contributed by atoms with Crippen molar-refractivity contribution >= 4 is 11.8 Å². The molecule has 252 valence electrons. The minimum Gasteiger partial charge on any atom is -0.455 e. The molecule has 1 aromatic carbocycles. The Hall–Kier alpha value is -2.96. The second kappa shape index (κ2) is 11.0. The van der Waals surface area contributed by atoms with Gasteiger partial charge in [-0.3, -0.25) is 4.79 Å². The molecule has 47 heavy (non-hydrogen) atoms. The molecule has 12 atom stereocenters. The van der Waals surface area contributed by atoms with Crippen LogP contribution in [0.3, 0.4) is 0 Å². The Bertz CT molecular complexity index is 1570. The van der Waals surface area contributed by atoms with Crippen LogP contribution in [-0.4, -0.2) is 80.5 Å². The van der Waals surface area contributed by atoms with Gasteiger partial charge in [0.25, 0.3) is 0 Å². The Morgan fingerprint density at radius 3 is 2.53 bits per heavy atom. The Morgan fingerprint density at radius 2 is 1.85 bits per heavy atom. The fourth-order valence-electron chi connectivity index (χ4n) is 9.30. The predicted molar refractivity (Wildman–Crippen MR) is 168 cm³/mol. The lowest BCUT2D eigenvalue weighted by atomic mass is 9.53. The van der Waals surface area contributed by atoms with Crippen LogP contribution < -0.4 is 0 Å². The summed E-state index contributed by atoms with van der Waals surface area (Å²) in [5, 5.41) is 34.9. The zero-order valence-electron chi connectivity index (χ0n) is 27.3. The summed E-state index contributed by atoms with van der Waals surface area (Å²) in [5.41, 5.74) is -5.84. The van der Waals surface area contributed by atoms with Gasteiger partial charge >= 0.3 is 11.9 Å². The van der Waals surface area contributed by atoms with E-state index in [2.05, 4.69) is 13.5 Å². The van der Waals surface area contributed by atoms with Gasteiger partial charge in [0.2, 0.25) is 0 Å². The number of fused-ring (bicyclic) bond motifs is 3. The number of carbonyl (C=O) groups excluding carboxylic acids is 2. The van der Waals surface area contributed by atoms with Crippen LogP contribution in [-0.2, 0) is 39.2 Å². The van der Waals surface area contributed by atoms with Gasteiger partial charge in [-0.15, -0.1) is 0 Å². The van der Waals surface area contributed by atoms with Gasteiger partial charge in [0.15, 0.2) is 17.0 Å². The third-order valence-electron chi connectivity index (χ3n) is 11.6. The van der Waals surface area contributed by atoms with Crippen molar-refractivity contribution in [3.05, 3.63) is 84.0 Å². The first-order chi connectivity index (χ1) is 22.4. The number of epoxide rings is 1. The standard InChI is InChI=1S/C37H44O10/c1-6-7-8-9-10-11-15-18-26(39)43-29-23(5)36-25-19-22(4)28(40)34(25,42)32(41)33(20-38)30(44-33)27(36)31-35(29,21(2)3)46-37(45-31,47-36)24-16-13-12-14-17-24/h10-19,23,25,27,29-32,38,41-42H,2,6-9,20H2,1,3-5H3/b11-10+,18-15+/t23-,25-,27+,29-,30+,31-,32-,33+,34-,35+,36+,37-/m1/s1. The maximum atomic E-state index is 13.8. The summed E-state index contributed by atoms with van der Waals surface area (Å²) in [7, 11) is 0. The second-order valence-corrected chi connectivity index (χ2v) is 14.1. The van der Waals surface area contributed by atoms with Crippen LogP contribution in [0.25, 0.3) is 0 Å². The van der Waals surface area contributed by atoms with E-state index in [4.69, 9.17) is 23.7 Å². The molecule has 10 nitrogen and oxygen atoms in total. The molecule has 3 bridgehead atoms. The topological polar surface area (TPSA) is 144 Å². The molecule has 6 aliphatic rings. The highest BCUT2D eigenvalue weighted by atomic mass is 16.9. The number of rotatable bonds is 10. The third kappa shape index (κ3) is 4.10. The predicted octanol–water partition coefficient (Wildman–Crippen LogP) is 3.55. The number of aliphatic hydroxyl groups excluding tert-OH is 2. The van der Waals surface area contributed by atoms with Crippen molar-refractivity contribution in [3.8, 4) is 0 Å². The highest BCUT2D eigenvalue weighted by Gasteiger charge is 2.90. The molecule has 0 aromatic heterocycles. The number of ether oxygens (including phenoxy) is 5. The van der Waals surface area contributed by atoms with Crippen LogP contribution in [0.15, 0.2) is 78.4 Å². The molecule has 0 unspecified atom stereocenters. The van der Waals surface area contributed by atoms with E-state index in [0.717, 1.165) is 25.7 Å². The van der Waals surface area contributed by atoms with Gasteiger partial charge in [-0.2, -0.15) is 0 Å². The number of esters is 1. The number of unbranched alkanes of at least 4 members (excludes halogenated alkanes) is 3. The van der Waals surface area contributed by atoms with Gasteiger partial charge in [-0.05, 0) is 37.8 Å². The summed E-state index contributed by atoms with van der Waals surface area (Å²) in [6.07, 6.45) is 7.98. The van der Waals surface area contributed by atoms with E-state index in [9.17, 15) is 24.9 Å². The summed E-state index contributed by atoms with van der Waals surface area (Å²) in [5.74, 6) is -5.86. The minimum atomic E-state index is -2.42. The number of benzene rings is 1. The van der Waals surface area contributed by atoms with E-state index in [1.165, 1.54) is 6.08 Å². The number of aliphatic hydroxyl groups is 3. The zero-order chi connectivity index (χ0) is 33.6. The van der Waals surface area contributed by atoms with Gasteiger partial charge in [0.05, 0.1) is 12.2 Å². The van der Waals surface area contributed by atoms with Gasteiger partial charge in [0.1, 0.15) is 30.0 Å². The van der Waals surface area contributed by atoms with E-state index >= 15 is 0 Å². The summed E-state index contributed by atoms with van der Waals surface area (Å²) in [6, 6.07) is 9.04. The van der Waals surface area contributed by atoms with E-state index in [1.54, 1.807) is 38.1 Å². The Labute approximate surface area is 274 Å². The molecule has 3 N–H and O–H groups in total. The van der Waals surface area contributed by atoms with Crippen LogP contribution in [0.5, 0.6) is 0 Å². The number of hydrogen-bond acceptors (Lipinski definition) is 10. The lowest BCUT2D eigenvalue weighted by Crippen LogP contribution is -2.76. The quantitative estimate of drug-likeness (QED) is 0.0861. The largest absolute Gasteiger partial charge is 0.455 e. The van der Waals surface area contributed by atoms with Crippen molar-refractivity contribution in [2.24, 2.45) is 17.8 Å². The molecular weight excluding hydrogens is 604 g/mol. The van der Waals surface area contributed by atoms with Crippen LogP contribution in [0.4, 0.5) is 0 Å². The average Bonchev–Trinajstić information content (AvgIpc) is 3.68. The van der Waals surface area contributed by atoms with Crippen LogP contribution >= 0.6 is 0 Å². The molecular formula is C37H44O10. The molecule has 3 aliphatic carbocycles. The molecule has 0 radical (unpaired) electrons. The summed E-state index contributed by atoms with van der Waals surface area (Å²) < 4.78 is 33.3. The monoisotopic (exact) mass is 648 g/mol. The van der Waals surface area contributed by atoms with Crippen molar-refractivity contribution in [2.75, 3.05) is 6.61 Å². The van der Waals surface area contributed by atoms with Crippen LogP contribution in [0.1, 0.15) is 58.9 Å². The lowest BCUT2D eigenvalue weighted by Gasteiger charge is -2.61. The summed E-state index contributed by atoms with van der Waals surface area (Å²) >= 11 is 0. The minimum absolute atomic E-state index is 0.236. The van der Waals surface area contributed by atoms with Crippen LogP contribution in [0, 0.1) is 17.8 Å². The van der Waals surface area contributed by atoms with E-state index in [1.807, 2.05) is 37.3 Å². The van der Waals surface area contributed by atoms with E-state index < -0.39 is 88.9 Å². The van der Waals surface area contributed by atoms with Crippen molar-refractivity contribution in [1.82, 2.24) is 0 Å². The van der Waals surface area contributed by atoms with E-state index in [-0.39, 0.29) is 5.57 Å². The lowest BCUT2D eigenvalue weighted by molar-refractivity contribution is -0.440. The molecule has 2 saturated carbocycles. The maximum absolute atomic E-state index is 13.8. The molecule has 10 heteroatoms. The van der Waals surface area contributed by atoms with Gasteiger partial charge < -0.3 is 39.0 Å². The molecule has 5 fully saturated rings. The van der Waals surface area contributed by atoms with Gasteiger partial charge in [-0.25, -0.2) is 4.79 Å². The maximum Gasteiger partial charge on any atom is 0.331 e. The normalized spacial score (nSPS) is 45.8. The smallest absolute Gasteiger partial charge is 0.331 e. The molecule has 3 heterocycles. The van der Waals surface area contributed by atoms with E-state index in [0.29, 0.717) is 11.1 Å². The first kappa shape index (κ1) is 32.6. The summed E-state index contributed by atoms with van der Waals surface area (Å²) in [4.78, 5) is 27.4. The highest BCUT2D eigenvalue weighted by molar-refractivity contribution is 6.05. The highest BCUT2D eigenvalue weighted by Crippen LogP contribution is 2.74. The molecule has 3 saturated heterocycles.